The van der Waals surface area contributed by atoms with Gasteiger partial charge in [0, 0.05) is 31.4 Å². The predicted octanol–water partition coefficient (Wildman–Crippen LogP) is 2.76. The normalized spacial score (nSPS) is 10.8. The molecule has 2 heterocycles. The Kier molecular flexibility index (Phi) is 3.79. The molecule has 1 aromatic carbocycles. The van der Waals surface area contributed by atoms with Crippen LogP contribution in [0.2, 0.25) is 0 Å². The first-order chi connectivity index (χ1) is 10.3. The van der Waals surface area contributed by atoms with Crippen LogP contribution in [-0.4, -0.2) is 22.1 Å². The molecule has 3 rings (SSSR count). The van der Waals surface area contributed by atoms with Crippen molar-refractivity contribution in [2.45, 2.75) is 13.2 Å². The maximum Gasteiger partial charge on any atom is 0.129 e. The van der Waals surface area contributed by atoms with E-state index in [1.165, 1.54) is 5.56 Å². The number of nitrogens with zero attached hydrogens (tertiary/aromatic N) is 3. The Balaban J connectivity index is 1.96. The van der Waals surface area contributed by atoms with Crippen LogP contribution in [0.25, 0.3) is 10.9 Å². The molecule has 0 amide bonds. The number of aromatic nitrogens is 2. The maximum absolute atomic E-state index is 9.58. The first-order valence-corrected chi connectivity index (χ1v) is 6.87. The van der Waals surface area contributed by atoms with E-state index in [9.17, 15) is 5.11 Å². The van der Waals surface area contributed by atoms with E-state index >= 15 is 0 Å². The molecule has 0 bridgehead atoms. The molecular weight excluding hydrogens is 262 g/mol. The fraction of sp³-hybridized carbons (Fsp3) is 0.176. The summed E-state index contributed by atoms with van der Waals surface area (Å²) in [5, 5.41) is 10.6. The Morgan fingerprint density at radius 3 is 2.62 bits per heavy atom. The SMILES string of the molecule is CN(Cc1ccncc1)c1cc(CO)c2ccccc2n1. The molecule has 0 unspecified atom stereocenters. The molecule has 0 aliphatic heterocycles. The van der Waals surface area contributed by atoms with Gasteiger partial charge in [-0.2, -0.15) is 0 Å². The number of benzene rings is 1. The van der Waals surface area contributed by atoms with E-state index in [-0.39, 0.29) is 6.61 Å². The highest BCUT2D eigenvalue weighted by molar-refractivity contribution is 5.84. The number of pyridine rings is 2. The second-order valence-corrected chi connectivity index (χ2v) is 5.03. The Morgan fingerprint density at radius 1 is 1.10 bits per heavy atom. The van der Waals surface area contributed by atoms with E-state index in [0.717, 1.165) is 28.8 Å². The first kappa shape index (κ1) is 13.5. The minimum absolute atomic E-state index is 0.0130. The quantitative estimate of drug-likeness (QED) is 0.798. The first-order valence-electron chi connectivity index (χ1n) is 6.87. The lowest BCUT2D eigenvalue weighted by molar-refractivity contribution is 0.283. The highest BCUT2D eigenvalue weighted by Gasteiger charge is 2.09. The minimum Gasteiger partial charge on any atom is -0.392 e. The maximum atomic E-state index is 9.58. The zero-order valence-corrected chi connectivity index (χ0v) is 11.9. The van der Waals surface area contributed by atoms with Crippen molar-refractivity contribution in [2.75, 3.05) is 11.9 Å². The van der Waals surface area contributed by atoms with Gasteiger partial charge < -0.3 is 10.0 Å². The van der Waals surface area contributed by atoms with Crippen molar-refractivity contribution < 1.29 is 5.11 Å². The van der Waals surface area contributed by atoms with Gasteiger partial charge in [0.2, 0.25) is 0 Å². The number of hydrogen-bond donors (Lipinski definition) is 1. The molecular formula is C17H17N3O. The molecule has 2 aromatic heterocycles. The number of hydrogen-bond acceptors (Lipinski definition) is 4. The third-order valence-corrected chi connectivity index (χ3v) is 3.52. The zero-order valence-electron chi connectivity index (χ0n) is 11.9. The van der Waals surface area contributed by atoms with E-state index in [1.807, 2.05) is 49.5 Å². The summed E-state index contributed by atoms with van der Waals surface area (Å²) in [7, 11) is 2.00. The fourth-order valence-corrected chi connectivity index (χ4v) is 2.40. The number of aliphatic hydroxyl groups excluding tert-OH is 1. The van der Waals surface area contributed by atoms with Gasteiger partial charge in [-0.25, -0.2) is 4.98 Å². The van der Waals surface area contributed by atoms with Gasteiger partial charge in [-0.3, -0.25) is 4.98 Å². The molecule has 0 fully saturated rings. The average molecular weight is 279 g/mol. The van der Waals surface area contributed by atoms with Crippen molar-refractivity contribution in [3.05, 3.63) is 66.0 Å². The summed E-state index contributed by atoms with van der Waals surface area (Å²) in [5.41, 5.74) is 2.98. The Bertz CT molecular complexity index is 743. The van der Waals surface area contributed by atoms with Crippen LogP contribution < -0.4 is 4.90 Å². The Labute approximate surface area is 123 Å². The van der Waals surface area contributed by atoms with Crippen LogP contribution in [0.4, 0.5) is 5.82 Å². The van der Waals surface area contributed by atoms with E-state index in [1.54, 1.807) is 12.4 Å². The number of rotatable bonds is 4. The average Bonchev–Trinajstić information content (AvgIpc) is 2.54. The van der Waals surface area contributed by atoms with Gasteiger partial charge in [0.25, 0.3) is 0 Å². The summed E-state index contributed by atoms with van der Waals surface area (Å²) in [6.45, 7) is 0.762. The number of para-hydroxylation sites is 1. The summed E-state index contributed by atoms with van der Waals surface area (Å²) in [5.74, 6) is 0.856. The molecule has 0 aliphatic rings. The van der Waals surface area contributed by atoms with Crippen LogP contribution in [0.3, 0.4) is 0 Å². The van der Waals surface area contributed by atoms with Crippen LogP contribution in [0.5, 0.6) is 0 Å². The third-order valence-electron chi connectivity index (χ3n) is 3.52. The van der Waals surface area contributed by atoms with E-state index < -0.39 is 0 Å². The zero-order chi connectivity index (χ0) is 14.7. The fourth-order valence-electron chi connectivity index (χ4n) is 2.40. The highest BCUT2D eigenvalue weighted by atomic mass is 16.3. The van der Waals surface area contributed by atoms with Crippen molar-refractivity contribution in [1.29, 1.82) is 0 Å². The summed E-state index contributed by atoms with van der Waals surface area (Å²) >= 11 is 0. The molecule has 3 aromatic rings. The van der Waals surface area contributed by atoms with Crippen molar-refractivity contribution in [2.24, 2.45) is 0 Å². The monoisotopic (exact) mass is 279 g/mol. The van der Waals surface area contributed by atoms with Crippen LogP contribution in [0.1, 0.15) is 11.1 Å². The molecule has 1 N–H and O–H groups in total. The van der Waals surface area contributed by atoms with Crippen molar-refractivity contribution in [3.63, 3.8) is 0 Å². The van der Waals surface area contributed by atoms with Gasteiger partial charge in [0.15, 0.2) is 0 Å². The molecule has 4 nitrogen and oxygen atoms in total. The lowest BCUT2D eigenvalue weighted by Crippen LogP contribution is -2.18. The lowest BCUT2D eigenvalue weighted by Gasteiger charge is -2.19. The van der Waals surface area contributed by atoms with Crippen LogP contribution in [-0.2, 0) is 13.2 Å². The smallest absolute Gasteiger partial charge is 0.129 e. The van der Waals surface area contributed by atoms with Crippen LogP contribution in [0, 0.1) is 0 Å². The third kappa shape index (κ3) is 2.85. The van der Waals surface area contributed by atoms with Crippen LogP contribution in [0.15, 0.2) is 54.9 Å². The molecule has 21 heavy (non-hydrogen) atoms. The van der Waals surface area contributed by atoms with Crippen LogP contribution >= 0.6 is 0 Å². The predicted molar refractivity (Wildman–Crippen MR) is 84.0 cm³/mol. The summed E-state index contributed by atoms with van der Waals surface area (Å²) in [6, 6.07) is 13.8. The molecule has 4 heteroatoms. The van der Waals surface area contributed by atoms with Gasteiger partial charge in [0.05, 0.1) is 12.1 Å². The van der Waals surface area contributed by atoms with E-state index in [4.69, 9.17) is 0 Å². The lowest BCUT2D eigenvalue weighted by atomic mass is 10.1. The minimum atomic E-state index is 0.0130. The Morgan fingerprint density at radius 2 is 1.86 bits per heavy atom. The summed E-state index contributed by atoms with van der Waals surface area (Å²) < 4.78 is 0. The van der Waals surface area contributed by atoms with Crippen molar-refractivity contribution in [3.8, 4) is 0 Å². The highest BCUT2D eigenvalue weighted by Crippen LogP contribution is 2.23. The van der Waals surface area contributed by atoms with Gasteiger partial charge in [-0.05, 0) is 35.4 Å². The summed E-state index contributed by atoms with van der Waals surface area (Å²) in [4.78, 5) is 10.8. The van der Waals surface area contributed by atoms with Gasteiger partial charge in [-0.1, -0.05) is 18.2 Å². The molecule has 0 saturated heterocycles. The standard InChI is InChI=1S/C17H17N3O/c1-20(11-13-6-8-18-9-7-13)17-10-14(12-21)15-4-2-3-5-16(15)19-17/h2-10,21H,11-12H2,1H3. The molecule has 0 atom stereocenters. The van der Waals surface area contributed by atoms with E-state index in [0.29, 0.717) is 0 Å². The number of aliphatic hydroxyl groups is 1. The molecule has 0 aliphatic carbocycles. The molecule has 0 spiro atoms. The molecule has 106 valence electrons. The summed E-state index contributed by atoms with van der Waals surface area (Å²) in [6.07, 6.45) is 3.58. The second kappa shape index (κ2) is 5.89. The number of anilines is 1. The van der Waals surface area contributed by atoms with E-state index in [2.05, 4.69) is 14.9 Å². The topological polar surface area (TPSA) is 49.2 Å². The van der Waals surface area contributed by atoms with Gasteiger partial charge >= 0.3 is 0 Å². The molecule has 0 saturated carbocycles. The number of fused-ring (bicyclic) bond motifs is 1. The van der Waals surface area contributed by atoms with Crippen molar-refractivity contribution in [1.82, 2.24) is 9.97 Å². The largest absolute Gasteiger partial charge is 0.392 e. The van der Waals surface area contributed by atoms with Gasteiger partial charge in [-0.15, -0.1) is 0 Å². The Hall–Kier alpha value is -2.46. The second-order valence-electron chi connectivity index (χ2n) is 5.03. The van der Waals surface area contributed by atoms with Crippen molar-refractivity contribution >= 4 is 16.7 Å². The van der Waals surface area contributed by atoms with Gasteiger partial charge in [0.1, 0.15) is 5.82 Å². The molecule has 0 radical (unpaired) electrons.